The molecule has 1 saturated heterocycles. The van der Waals surface area contributed by atoms with Gasteiger partial charge in [0.25, 0.3) is 5.56 Å². The Labute approximate surface area is 293 Å². The lowest BCUT2D eigenvalue weighted by atomic mass is 9.90. The number of imidazole rings is 1. The SMILES string of the molecule is O=c1c2cc(F)cnc2n(-c2cccc(-c3ccc(O)cc3CN3CCCOCC3)c2)c(=O)n1C1CCC(NCc2cccn3ccnc23)CC1. The molecular weight excluding hydrogens is 649 g/mol. The van der Waals surface area contributed by atoms with Crippen LogP contribution in [0, 0.1) is 5.82 Å². The maximum absolute atomic E-state index is 14.6. The zero-order valence-corrected chi connectivity index (χ0v) is 28.2. The Morgan fingerprint density at radius 1 is 0.902 bits per heavy atom. The van der Waals surface area contributed by atoms with Gasteiger partial charge < -0.3 is 19.6 Å². The highest BCUT2D eigenvalue weighted by molar-refractivity contribution is 5.77. The van der Waals surface area contributed by atoms with Crippen LogP contribution in [-0.4, -0.2) is 65.9 Å². The summed E-state index contributed by atoms with van der Waals surface area (Å²) in [6.07, 6.45) is 10.4. The number of hydrogen-bond donors (Lipinski definition) is 2. The molecule has 0 bridgehead atoms. The van der Waals surface area contributed by atoms with Gasteiger partial charge in [0, 0.05) is 69.0 Å². The number of aromatic nitrogens is 5. The van der Waals surface area contributed by atoms with Crippen LogP contribution >= 0.6 is 0 Å². The highest BCUT2D eigenvalue weighted by Gasteiger charge is 2.27. The van der Waals surface area contributed by atoms with Crippen LogP contribution in [0.1, 0.15) is 49.3 Å². The average Bonchev–Trinajstić information content (AvgIpc) is 3.49. The second-order valence-electron chi connectivity index (χ2n) is 13.5. The molecule has 0 amide bonds. The van der Waals surface area contributed by atoms with E-state index >= 15 is 0 Å². The third kappa shape index (κ3) is 6.69. The Bertz CT molecular complexity index is 2320. The van der Waals surface area contributed by atoms with Crippen molar-refractivity contribution >= 4 is 16.7 Å². The minimum Gasteiger partial charge on any atom is -0.508 e. The summed E-state index contributed by atoms with van der Waals surface area (Å²) in [5.74, 6) is -0.463. The van der Waals surface area contributed by atoms with Gasteiger partial charge >= 0.3 is 5.69 Å². The Hall–Kier alpha value is -5.17. The molecule has 5 heterocycles. The second kappa shape index (κ2) is 14.2. The van der Waals surface area contributed by atoms with Gasteiger partial charge in [0.2, 0.25) is 0 Å². The number of rotatable bonds is 8. The van der Waals surface area contributed by atoms with Crippen LogP contribution < -0.4 is 16.6 Å². The topological polar surface area (TPSA) is 119 Å². The predicted molar refractivity (Wildman–Crippen MR) is 193 cm³/mol. The molecule has 2 aliphatic rings. The lowest BCUT2D eigenvalue weighted by Gasteiger charge is -2.30. The van der Waals surface area contributed by atoms with Crippen molar-refractivity contribution in [1.29, 1.82) is 0 Å². The third-order valence-electron chi connectivity index (χ3n) is 10.2. The van der Waals surface area contributed by atoms with Gasteiger partial charge in [-0.05, 0) is 85.2 Å². The molecule has 0 unspecified atom stereocenters. The predicted octanol–water partition coefficient (Wildman–Crippen LogP) is 5.20. The van der Waals surface area contributed by atoms with Gasteiger partial charge in [-0.1, -0.05) is 24.3 Å². The fourth-order valence-corrected chi connectivity index (χ4v) is 7.68. The number of fused-ring (bicyclic) bond motifs is 2. The first-order chi connectivity index (χ1) is 24.9. The van der Waals surface area contributed by atoms with Crippen LogP contribution in [0.15, 0.2) is 95.0 Å². The van der Waals surface area contributed by atoms with Crippen molar-refractivity contribution < 1.29 is 14.2 Å². The highest BCUT2D eigenvalue weighted by atomic mass is 19.1. The molecule has 2 N–H and O–H groups in total. The number of phenols is 1. The van der Waals surface area contributed by atoms with Crippen molar-refractivity contribution in [1.82, 2.24) is 33.7 Å². The van der Waals surface area contributed by atoms with Crippen LogP contribution in [0.5, 0.6) is 5.75 Å². The van der Waals surface area contributed by atoms with Gasteiger partial charge in [-0.15, -0.1) is 0 Å². The van der Waals surface area contributed by atoms with E-state index in [1.165, 1.54) is 15.2 Å². The standard InChI is InChI=1S/C39H40FN7O4/c40-29-22-35-37(43-24-29)46(32-6-1-4-26(20-32)34-12-11-33(48)21-28(34)25-44-14-3-18-51-19-17-44)39(50)47(38(35)49)31-9-7-30(8-10-31)42-23-27-5-2-15-45-16-13-41-36(27)45/h1-2,4-6,11-13,15-16,20-22,24,30-31,42,48H,3,7-10,14,17-19,23,25H2. The van der Waals surface area contributed by atoms with Gasteiger partial charge in [-0.3, -0.25) is 14.3 Å². The molecule has 6 aromatic rings. The fourth-order valence-electron chi connectivity index (χ4n) is 7.68. The van der Waals surface area contributed by atoms with Crippen LogP contribution in [0.4, 0.5) is 4.39 Å². The Morgan fingerprint density at radius 2 is 1.78 bits per heavy atom. The zero-order chi connectivity index (χ0) is 34.9. The average molecular weight is 690 g/mol. The van der Waals surface area contributed by atoms with Crippen molar-refractivity contribution in [2.24, 2.45) is 0 Å². The van der Waals surface area contributed by atoms with Crippen molar-refractivity contribution in [3.63, 3.8) is 0 Å². The summed E-state index contributed by atoms with van der Waals surface area (Å²) in [6, 6.07) is 18.0. The number of ether oxygens (including phenoxy) is 1. The van der Waals surface area contributed by atoms with E-state index in [1.807, 2.05) is 47.1 Å². The normalized spacial score (nSPS) is 18.7. The molecule has 8 rings (SSSR count). The second-order valence-corrected chi connectivity index (χ2v) is 13.5. The van der Waals surface area contributed by atoms with Crippen LogP contribution in [-0.2, 0) is 17.8 Å². The molecule has 1 saturated carbocycles. The number of nitrogens with one attached hydrogen (secondary N) is 1. The van der Waals surface area contributed by atoms with Gasteiger partial charge in [0.05, 0.1) is 23.9 Å². The molecule has 1 aliphatic heterocycles. The largest absolute Gasteiger partial charge is 0.508 e. The molecule has 2 fully saturated rings. The van der Waals surface area contributed by atoms with Gasteiger partial charge in [-0.2, -0.15) is 0 Å². The lowest BCUT2D eigenvalue weighted by molar-refractivity contribution is 0.140. The summed E-state index contributed by atoms with van der Waals surface area (Å²) in [5.41, 5.74) is 4.32. The first kappa shape index (κ1) is 33.0. The monoisotopic (exact) mass is 689 g/mol. The lowest BCUT2D eigenvalue weighted by Crippen LogP contribution is -2.44. The smallest absolute Gasteiger partial charge is 0.337 e. The van der Waals surface area contributed by atoms with Crippen LogP contribution in [0.25, 0.3) is 33.5 Å². The van der Waals surface area contributed by atoms with Crippen LogP contribution in [0.3, 0.4) is 0 Å². The molecule has 4 aromatic heterocycles. The molecule has 11 nitrogen and oxygen atoms in total. The first-order valence-electron chi connectivity index (χ1n) is 17.6. The molecule has 1 aliphatic carbocycles. The number of phenolic OH excluding ortho intramolecular Hbond substituents is 1. The molecule has 262 valence electrons. The summed E-state index contributed by atoms with van der Waals surface area (Å²) in [6.45, 7) is 4.36. The fraction of sp³-hybridized carbons (Fsp3) is 0.333. The Balaban J connectivity index is 1.11. The van der Waals surface area contributed by atoms with Crippen molar-refractivity contribution in [3.8, 4) is 22.6 Å². The molecule has 0 atom stereocenters. The van der Waals surface area contributed by atoms with E-state index in [1.54, 1.807) is 24.4 Å². The Morgan fingerprint density at radius 3 is 2.67 bits per heavy atom. The highest BCUT2D eigenvalue weighted by Crippen LogP contribution is 2.31. The van der Waals surface area contributed by atoms with Gasteiger partial charge in [0.15, 0.2) is 5.65 Å². The summed E-state index contributed by atoms with van der Waals surface area (Å²) in [5, 5.41) is 14.1. The van der Waals surface area contributed by atoms with Crippen molar-refractivity contribution in [2.45, 2.75) is 57.3 Å². The first-order valence-corrected chi connectivity index (χ1v) is 17.6. The molecule has 0 spiro atoms. The van der Waals surface area contributed by atoms with E-state index in [9.17, 15) is 19.1 Å². The van der Waals surface area contributed by atoms with E-state index in [0.717, 1.165) is 73.1 Å². The summed E-state index contributed by atoms with van der Waals surface area (Å²) < 4.78 is 25.0. The summed E-state index contributed by atoms with van der Waals surface area (Å²) in [7, 11) is 0. The number of aromatic hydroxyl groups is 1. The third-order valence-corrected chi connectivity index (χ3v) is 10.2. The van der Waals surface area contributed by atoms with Gasteiger partial charge in [-0.25, -0.2) is 23.7 Å². The van der Waals surface area contributed by atoms with E-state index in [4.69, 9.17) is 4.74 Å². The maximum atomic E-state index is 14.6. The van der Waals surface area contributed by atoms with Crippen molar-refractivity contribution in [3.05, 3.63) is 123 Å². The maximum Gasteiger partial charge on any atom is 0.337 e. The number of benzene rings is 2. The molecule has 51 heavy (non-hydrogen) atoms. The molecular formula is C39H40FN7O4. The number of pyridine rings is 2. The zero-order valence-electron chi connectivity index (χ0n) is 28.2. The summed E-state index contributed by atoms with van der Waals surface area (Å²) >= 11 is 0. The molecule has 2 aromatic carbocycles. The van der Waals surface area contributed by atoms with Crippen molar-refractivity contribution in [2.75, 3.05) is 26.3 Å². The minimum atomic E-state index is -0.641. The quantitative estimate of drug-likeness (QED) is 0.224. The molecule has 12 heteroatoms. The van der Waals surface area contributed by atoms with E-state index in [0.29, 0.717) is 38.2 Å². The minimum absolute atomic E-state index is 0.0572. The van der Waals surface area contributed by atoms with Gasteiger partial charge in [0.1, 0.15) is 17.2 Å². The van der Waals surface area contributed by atoms with E-state index < -0.39 is 17.1 Å². The number of nitrogens with zero attached hydrogens (tertiary/aromatic N) is 6. The molecule has 0 radical (unpaired) electrons. The Kier molecular flexibility index (Phi) is 9.20. The number of hydrogen-bond acceptors (Lipinski definition) is 8. The summed E-state index contributed by atoms with van der Waals surface area (Å²) in [4.78, 5) is 39.4. The number of halogens is 1. The van der Waals surface area contributed by atoms with Crippen LogP contribution in [0.2, 0.25) is 0 Å². The van der Waals surface area contributed by atoms with E-state index in [-0.39, 0.29) is 28.9 Å². The van der Waals surface area contributed by atoms with E-state index in [2.05, 4.69) is 26.3 Å².